The molecule has 1 aliphatic rings. The van der Waals surface area contributed by atoms with Gasteiger partial charge in [-0.2, -0.15) is 0 Å². The van der Waals surface area contributed by atoms with Gasteiger partial charge in [0.2, 0.25) is 0 Å². The van der Waals surface area contributed by atoms with Crippen molar-refractivity contribution in [3.8, 4) is 11.5 Å². The number of benzene rings is 2. The van der Waals surface area contributed by atoms with Gasteiger partial charge in [-0.05, 0) is 23.3 Å². The zero-order valence-corrected chi connectivity index (χ0v) is 19.4. The van der Waals surface area contributed by atoms with Crippen LogP contribution < -0.4 is 14.8 Å². The Hall–Kier alpha value is -4.01. The molecule has 0 aliphatic carbocycles. The summed E-state index contributed by atoms with van der Waals surface area (Å²) in [6.07, 6.45) is 5.46. The van der Waals surface area contributed by atoms with Crippen LogP contribution in [0.1, 0.15) is 21.5 Å². The van der Waals surface area contributed by atoms with Crippen molar-refractivity contribution in [3.05, 3.63) is 77.9 Å². The first-order valence-corrected chi connectivity index (χ1v) is 11.1. The minimum absolute atomic E-state index is 0.116. The summed E-state index contributed by atoms with van der Waals surface area (Å²) in [7, 11) is 3.10. The van der Waals surface area contributed by atoms with Gasteiger partial charge in [0.1, 0.15) is 11.5 Å². The van der Waals surface area contributed by atoms with Crippen molar-refractivity contribution in [3.63, 3.8) is 0 Å². The number of nitrogens with one attached hydrogen (secondary N) is 1. The molecule has 0 radical (unpaired) electrons. The summed E-state index contributed by atoms with van der Waals surface area (Å²) in [5.74, 6) is 0.983. The highest BCUT2D eigenvalue weighted by atomic mass is 16.5. The van der Waals surface area contributed by atoms with E-state index in [-0.39, 0.29) is 11.9 Å². The Balaban J connectivity index is 1.28. The minimum Gasteiger partial charge on any atom is -0.497 e. The molecule has 9 nitrogen and oxygen atoms in total. The maximum Gasteiger partial charge on any atom is 0.317 e. The maximum atomic E-state index is 13.0. The number of urea groups is 1. The molecule has 178 valence electrons. The molecule has 0 saturated carbocycles. The van der Waals surface area contributed by atoms with E-state index < -0.39 is 0 Å². The maximum absolute atomic E-state index is 13.0. The van der Waals surface area contributed by atoms with Crippen LogP contribution in [0.2, 0.25) is 0 Å². The van der Waals surface area contributed by atoms with Gasteiger partial charge in [-0.15, -0.1) is 0 Å². The van der Waals surface area contributed by atoms with Crippen molar-refractivity contribution in [1.29, 1.82) is 0 Å². The van der Waals surface area contributed by atoms with E-state index in [2.05, 4.69) is 22.4 Å². The van der Waals surface area contributed by atoms with Crippen molar-refractivity contribution in [2.24, 2.45) is 0 Å². The van der Waals surface area contributed by atoms with Crippen molar-refractivity contribution >= 4 is 11.9 Å². The highest BCUT2D eigenvalue weighted by molar-refractivity contribution is 5.97. The highest BCUT2D eigenvalue weighted by Crippen LogP contribution is 2.26. The van der Waals surface area contributed by atoms with E-state index in [9.17, 15) is 9.59 Å². The van der Waals surface area contributed by atoms with Gasteiger partial charge in [0, 0.05) is 57.7 Å². The van der Waals surface area contributed by atoms with Crippen LogP contribution >= 0.6 is 0 Å². The lowest BCUT2D eigenvalue weighted by molar-refractivity contribution is 0.0661. The summed E-state index contributed by atoms with van der Waals surface area (Å²) in [4.78, 5) is 33.2. The highest BCUT2D eigenvalue weighted by Gasteiger charge is 2.26. The molecule has 3 amide bonds. The third-order valence-corrected chi connectivity index (χ3v) is 5.85. The van der Waals surface area contributed by atoms with Crippen LogP contribution in [0.15, 0.2) is 61.2 Å². The van der Waals surface area contributed by atoms with Gasteiger partial charge in [-0.3, -0.25) is 4.79 Å². The summed E-state index contributed by atoms with van der Waals surface area (Å²) in [6, 6.07) is 13.1. The number of hydrogen-bond donors (Lipinski definition) is 1. The van der Waals surface area contributed by atoms with E-state index in [0.717, 1.165) is 17.7 Å². The second kappa shape index (κ2) is 10.7. The number of carbonyl (C=O) groups is 2. The van der Waals surface area contributed by atoms with Gasteiger partial charge in [-0.25, -0.2) is 9.78 Å². The van der Waals surface area contributed by atoms with Crippen molar-refractivity contribution in [2.45, 2.75) is 13.1 Å². The molecule has 1 saturated heterocycles. The van der Waals surface area contributed by atoms with Crippen LogP contribution in [0.25, 0.3) is 0 Å². The number of nitrogens with zero attached hydrogens (tertiary/aromatic N) is 4. The number of rotatable bonds is 7. The third kappa shape index (κ3) is 5.48. The van der Waals surface area contributed by atoms with Crippen molar-refractivity contribution in [1.82, 2.24) is 24.7 Å². The van der Waals surface area contributed by atoms with Crippen LogP contribution in [0.5, 0.6) is 11.5 Å². The molecule has 9 heteroatoms. The predicted molar refractivity (Wildman–Crippen MR) is 127 cm³/mol. The number of amides is 3. The monoisotopic (exact) mass is 463 g/mol. The smallest absolute Gasteiger partial charge is 0.317 e. The molecule has 0 atom stereocenters. The molecule has 0 unspecified atom stereocenters. The molecule has 2 aromatic carbocycles. The van der Waals surface area contributed by atoms with Crippen molar-refractivity contribution in [2.75, 3.05) is 40.4 Å². The lowest BCUT2D eigenvalue weighted by Crippen LogP contribution is -2.53. The molecular formula is C25H29N5O4. The summed E-state index contributed by atoms with van der Waals surface area (Å²) >= 11 is 0. The van der Waals surface area contributed by atoms with E-state index in [1.807, 2.05) is 22.9 Å². The van der Waals surface area contributed by atoms with Crippen molar-refractivity contribution < 1.29 is 19.1 Å². The summed E-state index contributed by atoms with van der Waals surface area (Å²) < 4.78 is 12.6. The Kier molecular flexibility index (Phi) is 7.31. The molecule has 34 heavy (non-hydrogen) atoms. The Morgan fingerprint density at radius 1 is 0.971 bits per heavy atom. The Labute approximate surface area is 198 Å². The summed E-state index contributed by atoms with van der Waals surface area (Å²) in [5.41, 5.74) is 2.66. The van der Waals surface area contributed by atoms with Gasteiger partial charge in [-0.1, -0.05) is 24.3 Å². The number of piperazine rings is 1. The zero-order valence-electron chi connectivity index (χ0n) is 19.4. The van der Waals surface area contributed by atoms with E-state index in [1.165, 1.54) is 7.11 Å². The number of carbonyl (C=O) groups excluding carboxylic acids is 2. The fourth-order valence-corrected chi connectivity index (χ4v) is 3.98. The van der Waals surface area contributed by atoms with Crippen LogP contribution in [0.4, 0.5) is 4.79 Å². The molecule has 4 rings (SSSR count). The number of aromatic nitrogens is 2. The lowest BCUT2D eigenvalue weighted by Gasteiger charge is -2.35. The zero-order chi connectivity index (χ0) is 23.9. The standard InChI is InChI=1S/C25H29N5O4/c1-33-21-6-7-22(23(15-21)34-2)24(31)29-10-12-30(13-11-29)25(32)27-16-19-4-3-5-20(14-19)17-28-9-8-26-18-28/h3-9,14-15,18H,10-13,16-17H2,1-2H3,(H,27,32). The lowest BCUT2D eigenvalue weighted by atomic mass is 10.1. The molecule has 0 spiro atoms. The quantitative estimate of drug-likeness (QED) is 0.582. The predicted octanol–water partition coefficient (Wildman–Crippen LogP) is 2.62. The van der Waals surface area contributed by atoms with Crippen LogP contribution in [-0.4, -0.2) is 71.7 Å². The molecular weight excluding hydrogens is 434 g/mol. The minimum atomic E-state index is -0.130. The second-order valence-corrected chi connectivity index (χ2v) is 8.06. The average molecular weight is 464 g/mol. The normalized spacial score (nSPS) is 13.5. The summed E-state index contributed by atoms with van der Waals surface area (Å²) in [5, 5.41) is 2.99. The molecule has 1 aliphatic heterocycles. The van der Waals surface area contributed by atoms with E-state index >= 15 is 0 Å². The first kappa shape index (κ1) is 23.2. The van der Waals surface area contributed by atoms with Crippen LogP contribution in [-0.2, 0) is 13.1 Å². The molecule has 2 heterocycles. The molecule has 1 N–H and O–H groups in total. The summed E-state index contributed by atoms with van der Waals surface area (Å²) in [6.45, 7) is 3.03. The molecule has 0 bridgehead atoms. The van der Waals surface area contributed by atoms with Gasteiger partial charge in [0.15, 0.2) is 0 Å². The first-order chi connectivity index (χ1) is 16.6. The number of imidazole rings is 1. The largest absolute Gasteiger partial charge is 0.497 e. The fraction of sp³-hybridized carbons (Fsp3) is 0.320. The Morgan fingerprint density at radius 3 is 2.44 bits per heavy atom. The van der Waals surface area contributed by atoms with E-state index in [1.54, 1.807) is 47.6 Å². The van der Waals surface area contributed by atoms with Gasteiger partial charge in [0.25, 0.3) is 5.91 Å². The van der Waals surface area contributed by atoms with Crippen LogP contribution in [0, 0.1) is 0 Å². The SMILES string of the molecule is COc1ccc(C(=O)N2CCN(C(=O)NCc3cccc(Cn4ccnc4)c3)CC2)c(OC)c1. The Morgan fingerprint density at radius 2 is 1.74 bits per heavy atom. The van der Waals surface area contributed by atoms with Crippen LogP contribution in [0.3, 0.4) is 0 Å². The van der Waals surface area contributed by atoms with Gasteiger partial charge in [0.05, 0.1) is 26.1 Å². The second-order valence-electron chi connectivity index (χ2n) is 8.06. The van der Waals surface area contributed by atoms with E-state index in [0.29, 0.717) is 49.8 Å². The van der Waals surface area contributed by atoms with Gasteiger partial charge < -0.3 is 29.2 Å². The number of ether oxygens (including phenoxy) is 2. The molecule has 1 fully saturated rings. The third-order valence-electron chi connectivity index (χ3n) is 5.85. The van der Waals surface area contributed by atoms with E-state index in [4.69, 9.17) is 9.47 Å². The number of methoxy groups -OCH3 is 2. The fourth-order valence-electron chi connectivity index (χ4n) is 3.98. The molecule has 1 aromatic heterocycles. The Bertz CT molecular complexity index is 1120. The topological polar surface area (TPSA) is 88.9 Å². The number of hydrogen-bond acceptors (Lipinski definition) is 5. The van der Waals surface area contributed by atoms with Gasteiger partial charge >= 0.3 is 6.03 Å². The average Bonchev–Trinajstić information content (AvgIpc) is 3.39. The first-order valence-electron chi connectivity index (χ1n) is 11.1. The molecule has 3 aromatic rings.